The molecule has 6 heteroatoms. The molecule has 0 aliphatic heterocycles. The zero-order valence-electron chi connectivity index (χ0n) is 7.82. The Morgan fingerprint density at radius 2 is 2.31 bits per heavy atom. The largest absolute Gasteiger partial charge is 0.480 e. The van der Waals surface area contributed by atoms with Gasteiger partial charge in [-0.3, -0.25) is 4.79 Å². The van der Waals surface area contributed by atoms with Crippen LogP contribution in [-0.2, 0) is 4.79 Å². The molecule has 0 bridgehead atoms. The van der Waals surface area contributed by atoms with Crippen molar-refractivity contribution in [1.82, 2.24) is 5.32 Å². The van der Waals surface area contributed by atoms with Gasteiger partial charge in [0.1, 0.15) is 5.54 Å². The molecule has 2 N–H and O–H groups in total. The van der Waals surface area contributed by atoms with E-state index in [0.717, 1.165) is 0 Å². The minimum Gasteiger partial charge on any atom is -0.480 e. The molecule has 0 aromatic heterocycles. The molecule has 0 fully saturated rings. The molecule has 0 aromatic rings. The van der Waals surface area contributed by atoms with Crippen molar-refractivity contribution >= 4 is 5.97 Å². The number of azide groups is 1. The van der Waals surface area contributed by atoms with Gasteiger partial charge in [0, 0.05) is 11.5 Å². The van der Waals surface area contributed by atoms with Crippen LogP contribution in [0, 0.1) is 0 Å². The molecule has 0 aliphatic carbocycles. The van der Waals surface area contributed by atoms with Crippen molar-refractivity contribution in [2.45, 2.75) is 25.8 Å². The standard InChI is InChI=1S/C7H14N4O2/c1-7(2,6(12)13)9-4-3-5-10-11-8/h9H,3-5H2,1-2H3,(H,12,13). The average Bonchev–Trinajstić information content (AvgIpc) is 2.03. The Bertz CT molecular complexity index is 221. The van der Waals surface area contributed by atoms with Crippen LogP contribution in [0.15, 0.2) is 5.11 Å². The van der Waals surface area contributed by atoms with E-state index in [4.69, 9.17) is 10.6 Å². The predicted octanol–water partition coefficient (Wildman–Crippen LogP) is 1.14. The number of carbonyl (C=O) groups is 1. The Hall–Kier alpha value is -1.26. The normalized spacial score (nSPS) is 10.6. The quantitative estimate of drug-likeness (QED) is 0.281. The fourth-order valence-electron chi connectivity index (χ4n) is 0.671. The maximum Gasteiger partial charge on any atom is 0.323 e. The minimum absolute atomic E-state index is 0.388. The van der Waals surface area contributed by atoms with E-state index in [1.807, 2.05) is 0 Å². The van der Waals surface area contributed by atoms with Gasteiger partial charge in [0.25, 0.3) is 0 Å². The highest BCUT2D eigenvalue weighted by atomic mass is 16.4. The fraction of sp³-hybridized carbons (Fsp3) is 0.857. The van der Waals surface area contributed by atoms with Crippen LogP contribution in [0.5, 0.6) is 0 Å². The van der Waals surface area contributed by atoms with Crippen molar-refractivity contribution < 1.29 is 9.90 Å². The van der Waals surface area contributed by atoms with Crippen molar-refractivity contribution in [3.63, 3.8) is 0 Å². The summed E-state index contributed by atoms with van der Waals surface area (Å²) in [6.45, 7) is 4.09. The summed E-state index contributed by atoms with van der Waals surface area (Å²) in [6, 6.07) is 0. The molecule has 74 valence electrons. The zero-order chi connectivity index (χ0) is 10.3. The first-order chi connectivity index (χ1) is 6.00. The highest BCUT2D eigenvalue weighted by Crippen LogP contribution is 2.01. The van der Waals surface area contributed by atoms with Crippen molar-refractivity contribution in [3.05, 3.63) is 10.4 Å². The summed E-state index contributed by atoms with van der Waals surface area (Å²) in [5.41, 5.74) is 7.04. The number of nitrogens with one attached hydrogen (secondary N) is 1. The van der Waals surface area contributed by atoms with Crippen molar-refractivity contribution in [1.29, 1.82) is 0 Å². The van der Waals surface area contributed by atoms with Gasteiger partial charge in [0.15, 0.2) is 0 Å². The summed E-state index contributed by atoms with van der Waals surface area (Å²) in [6.07, 6.45) is 0.640. The second-order valence-corrected chi connectivity index (χ2v) is 3.16. The fourth-order valence-corrected chi connectivity index (χ4v) is 0.671. The van der Waals surface area contributed by atoms with Crippen LogP contribution in [0.2, 0.25) is 0 Å². The van der Waals surface area contributed by atoms with Crippen LogP contribution in [0.3, 0.4) is 0 Å². The molecule has 13 heavy (non-hydrogen) atoms. The van der Waals surface area contributed by atoms with Gasteiger partial charge in [-0.25, -0.2) is 0 Å². The molecule has 0 saturated heterocycles. The Balaban J connectivity index is 3.63. The maximum atomic E-state index is 10.6. The summed E-state index contributed by atoms with van der Waals surface area (Å²) >= 11 is 0. The summed E-state index contributed by atoms with van der Waals surface area (Å²) < 4.78 is 0. The smallest absolute Gasteiger partial charge is 0.323 e. The molecule has 0 aliphatic rings. The van der Waals surface area contributed by atoms with E-state index < -0.39 is 11.5 Å². The van der Waals surface area contributed by atoms with Gasteiger partial charge in [-0.05, 0) is 32.3 Å². The molecule has 0 saturated carbocycles. The number of carboxylic acid groups (broad SMARTS) is 1. The van der Waals surface area contributed by atoms with Gasteiger partial charge in [-0.2, -0.15) is 0 Å². The second-order valence-electron chi connectivity index (χ2n) is 3.16. The van der Waals surface area contributed by atoms with E-state index in [9.17, 15) is 4.79 Å². The SMILES string of the molecule is CC(C)(NCCCN=[N+]=[N-])C(=O)O. The van der Waals surface area contributed by atoms with Gasteiger partial charge in [0.2, 0.25) is 0 Å². The highest BCUT2D eigenvalue weighted by Gasteiger charge is 2.25. The van der Waals surface area contributed by atoms with E-state index in [-0.39, 0.29) is 0 Å². The lowest BCUT2D eigenvalue weighted by molar-refractivity contribution is -0.143. The number of hydrogen-bond donors (Lipinski definition) is 2. The van der Waals surface area contributed by atoms with Gasteiger partial charge >= 0.3 is 5.97 Å². The van der Waals surface area contributed by atoms with Gasteiger partial charge in [0.05, 0.1) is 0 Å². The molecular weight excluding hydrogens is 172 g/mol. The van der Waals surface area contributed by atoms with Gasteiger partial charge in [-0.15, -0.1) is 0 Å². The third-order valence-corrected chi connectivity index (χ3v) is 1.60. The molecule has 0 radical (unpaired) electrons. The van der Waals surface area contributed by atoms with Crippen LogP contribution >= 0.6 is 0 Å². The number of hydrogen-bond acceptors (Lipinski definition) is 3. The molecule has 0 rings (SSSR count). The predicted molar refractivity (Wildman–Crippen MR) is 48.3 cm³/mol. The monoisotopic (exact) mass is 186 g/mol. The highest BCUT2D eigenvalue weighted by molar-refractivity contribution is 5.77. The van der Waals surface area contributed by atoms with Crippen LogP contribution in [-0.4, -0.2) is 29.7 Å². The number of rotatable bonds is 6. The molecular formula is C7H14N4O2. The molecule has 0 atom stereocenters. The Morgan fingerprint density at radius 1 is 1.69 bits per heavy atom. The molecule has 0 unspecified atom stereocenters. The molecule has 0 spiro atoms. The van der Waals surface area contributed by atoms with E-state index in [1.54, 1.807) is 13.8 Å². The lowest BCUT2D eigenvalue weighted by Gasteiger charge is -2.20. The minimum atomic E-state index is -0.920. The maximum absolute atomic E-state index is 10.6. The Kier molecular flexibility index (Phi) is 4.87. The lowest BCUT2D eigenvalue weighted by atomic mass is 10.1. The second kappa shape index (κ2) is 5.40. The van der Waals surface area contributed by atoms with Gasteiger partial charge < -0.3 is 10.4 Å². The van der Waals surface area contributed by atoms with Crippen molar-refractivity contribution in [2.75, 3.05) is 13.1 Å². The molecule has 0 amide bonds. The third-order valence-electron chi connectivity index (χ3n) is 1.60. The summed E-state index contributed by atoms with van der Waals surface area (Å²) in [5, 5.41) is 14.9. The summed E-state index contributed by atoms with van der Waals surface area (Å²) in [7, 11) is 0. The van der Waals surface area contributed by atoms with E-state index >= 15 is 0 Å². The van der Waals surface area contributed by atoms with Gasteiger partial charge in [-0.1, -0.05) is 5.11 Å². The van der Waals surface area contributed by atoms with Crippen LogP contribution in [0.1, 0.15) is 20.3 Å². The van der Waals surface area contributed by atoms with Crippen LogP contribution in [0.25, 0.3) is 10.4 Å². The number of carboxylic acids is 1. The summed E-state index contributed by atoms with van der Waals surface area (Å²) in [4.78, 5) is 13.2. The molecule has 0 heterocycles. The van der Waals surface area contributed by atoms with Crippen LogP contribution < -0.4 is 5.32 Å². The number of aliphatic carboxylic acids is 1. The van der Waals surface area contributed by atoms with Crippen molar-refractivity contribution in [3.8, 4) is 0 Å². The third kappa shape index (κ3) is 5.05. The average molecular weight is 186 g/mol. The summed E-state index contributed by atoms with van der Waals surface area (Å²) in [5.74, 6) is -0.892. The van der Waals surface area contributed by atoms with Crippen LogP contribution in [0.4, 0.5) is 0 Å². The Morgan fingerprint density at radius 3 is 2.77 bits per heavy atom. The zero-order valence-corrected chi connectivity index (χ0v) is 7.82. The topological polar surface area (TPSA) is 98.1 Å². The first-order valence-electron chi connectivity index (χ1n) is 4.00. The number of nitrogens with zero attached hydrogens (tertiary/aromatic N) is 3. The molecule has 6 nitrogen and oxygen atoms in total. The molecule has 0 aromatic carbocycles. The van der Waals surface area contributed by atoms with E-state index in [2.05, 4.69) is 15.3 Å². The van der Waals surface area contributed by atoms with E-state index in [1.165, 1.54) is 0 Å². The lowest BCUT2D eigenvalue weighted by Crippen LogP contribution is -2.47. The Labute approximate surface area is 76.6 Å². The first kappa shape index (κ1) is 11.7. The first-order valence-corrected chi connectivity index (χ1v) is 4.00. The van der Waals surface area contributed by atoms with E-state index in [0.29, 0.717) is 19.5 Å². The van der Waals surface area contributed by atoms with Crippen molar-refractivity contribution in [2.24, 2.45) is 5.11 Å².